The summed E-state index contributed by atoms with van der Waals surface area (Å²) in [5, 5.41) is 12.2. The van der Waals surface area contributed by atoms with E-state index in [1.807, 2.05) is 26.0 Å². The van der Waals surface area contributed by atoms with Gasteiger partial charge in [0, 0.05) is 17.0 Å². The summed E-state index contributed by atoms with van der Waals surface area (Å²) in [4.78, 5) is 40.9. The van der Waals surface area contributed by atoms with Gasteiger partial charge in [0.05, 0.1) is 16.8 Å². The summed E-state index contributed by atoms with van der Waals surface area (Å²) in [6.07, 6.45) is 1.07. The van der Waals surface area contributed by atoms with Crippen molar-refractivity contribution < 1.29 is 24.2 Å². The number of carboxylic acids is 1. The van der Waals surface area contributed by atoms with E-state index in [4.69, 9.17) is 10.5 Å². The molecule has 2 aromatic carbocycles. The second-order valence-electron chi connectivity index (χ2n) is 7.10. The Balaban J connectivity index is 1.66. The van der Waals surface area contributed by atoms with Gasteiger partial charge in [-0.25, -0.2) is 14.6 Å². The lowest BCUT2D eigenvalue weighted by atomic mass is 10.1. The third-order valence-corrected chi connectivity index (χ3v) is 5.82. The molecular weight excluding hydrogens is 430 g/mol. The molecule has 1 amide bonds. The van der Waals surface area contributed by atoms with E-state index >= 15 is 0 Å². The third kappa shape index (κ3) is 5.57. The van der Waals surface area contributed by atoms with Crippen molar-refractivity contribution in [3.05, 3.63) is 75.8 Å². The Kier molecular flexibility index (Phi) is 7.34. The summed E-state index contributed by atoms with van der Waals surface area (Å²) in [5.74, 6) is -2.16. The molecular formula is C23H23N3O5S. The fourth-order valence-electron chi connectivity index (χ4n) is 2.89. The molecule has 0 fully saturated rings. The molecule has 0 aliphatic carbocycles. The lowest BCUT2D eigenvalue weighted by Crippen LogP contribution is -2.33. The maximum atomic E-state index is 12.5. The lowest BCUT2D eigenvalue weighted by Gasteiger charge is -2.08. The van der Waals surface area contributed by atoms with Crippen molar-refractivity contribution in [3.8, 4) is 5.19 Å². The summed E-state index contributed by atoms with van der Waals surface area (Å²) < 4.78 is 5.25. The number of ether oxygens (including phenoxy) is 1. The highest BCUT2D eigenvalue weighted by Gasteiger charge is 2.18. The number of aryl methyl sites for hydroxylation is 1. The monoisotopic (exact) mass is 453 g/mol. The van der Waals surface area contributed by atoms with Crippen LogP contribution in [0.15, 0.2) is 48.5 Å². The average Bonchev–Trinajstić information content (AvgIpc) is 3.12. The molecule has 4 N–H and O–H groups in total. The van der Waals surface area contributed by atoms with E-state index in [0.29, 0.717) is 18.5 Å². The van der Waals surface area contributed by atoms with Crippen molar-refractivity contribution in [1.82, 2.24) is 4.98 Å². The van der Waals surface area contributed by atoms with Gasteiger partial charge in [-0.05, 0) is 43.2 Å². The Morgan fingerprint density at radius 2 is 1.78 bits per heavy atom. The van der Waals surface area contributed by atoms with Crippen molar-refractivity contribution in [1.29, 1.82) is 0 Å². The number of hydrogen-bond acceptors (Lipinski definition) is 7. The predicted octanol–water partition coefficient (Wildman–Crippen LogP) is 3.64. The highest BCUT2D eigenvalue weighted by atomic mass is 32.1. The number of benzene rings is 2. The largest absolute Gasteiger partial charge is 0.478 e. The van der Waals surface area contributed by atoms with E-state index in [1.54, 1.807) is 24.3 Å². The number of amides is 1. The van der Waals surface area contributed by atoms with Crippen LogP contribution in [-0.4, -0.2) is 34.0 Å². The Hall–Kier alpha value is -3.56. The van der Waals surface area contributed by atoms with Crippen molar-refractivity contribution in [2.45, 2.75) is 32.7 Å². The summed E-state index contributed by atoms with van der Waals surface area (Å²) in [6.45, 7) is 3.65. The van der Waals surface area contributed by atoms with Crippen LogP contribution in [0.4, 0.5) is 5.69 Å². The molecule has 1 heterocycles. The number of nitrogens with one attached hydrogen (secondary N) is 1. The van der Waals surface area contributed by atoms with E-state index in [1.165, 1.54) is 23.5 Å². The summed E-state index contributed by atoms with van der Waals surface area (Å²) in [7, 11) is 0. The number of nitrogens with zero attached hydrogens (tertiary/aromatic N) is 1. The number of aromatic nitrogens is 1. The van der Waals surface area contributed by atoms with Gasteiger partial charge in [0.15, 0.2) is 0 Å². The first kappa shape index (κ1) is 23.1. The van der Waals surface area contributed by atoms with Gasteiger partial charge < -0.3 is 20.9 Å². The van der Waals surface area contributed by atoms with E-state index in [2.05, 4.69) is 10.3 Å². The second-order valence-corrected chi connectivity index (χ2v) is 8.15. The smallest absolute Gasteiger partial charge is 0.336 e. The quantitative estimate of drug-likeness (QED) is 0.444. The molecule has 3 rings (SSSR count). The van der Waals surface area contributed by atoms with Crippen molar-refractivity contribution in [2.24, 2.45) is 5.73 Å². The summed E-state index contributed by atoms with van der Waals surface area (Å²) in [5.41, 5.74) is 8.01. The zero-order valence-corrected chi connectivity index (χ0v) is 18.4. The average molecular weight is 454 g/mol. The van der Waals surface area contributed by atoms with E-state index < -0.39 is 23.9 Å². The molecule has 0 bridgehead atoms. The number of carbonyl (C=O) groups is 3. The Bertz CT molecular complexity index is 1140. The first-order chi connectivity index (χ1) is 15.3. The number of hydrogen-bond donors (Lipinski definition) is 3. The number of esters is 1. The summed E-state index contributed by atoms with van der Waals surface area (Å²) in [6, 6.07) is 12.6. The van der Waals surface area contributed by atoms with Crippen molar-refractivity contribution in [3.63, 3.8) is 0 Å². The molecule has 0 aliphatic heterocycles. The molecule has 32 heavy (non-hydrogen) atoms. The molecule has 1 aromatic heterocycles. The lowest BCUT2D eigenvalue weighted by molar-refractivity contribution is -0.135. The molecule has 0 spiro atoms. The highest BCUT2D eigenvalue weighted by molar-refractivity contribution is 7.13. The number of aromatic carboxylic acids is 1. The number of carbonyl (C=O) groups excluding carboxylic acids is 2. The third-order valence-electron chi connectivity index (χ3n) is 4.78. The minimum absolute atomic E-state index is 0.0568. The van der Waals surface area contributed by atoms with Gasteiger partial charge in [-0.1, -0.05) is 42.5 Å². The Morgan fingerprint density at radius 3 is 2.41 bits per heavy atom. The van der Waals surface area contributed by atoms with Crippen LogP contribution in [0.2, 0.25) is 0 Å². The molecule has 0 saturated heterocycles. The number of anilines is 1. The Labute approximate surface area is 189 Å². The standard InChI is InChI=1S/C23H23N3O5S/c1-3-18(24)22(30)31-23-25-13(2)19(32-23)12-14-8-10-15(11-9-14)26-20(27)16-6-4-5-7-17(16)21(28)29/h4-11,18H,3,12,24H2,1-2H3,(H,26,27)(H,28,29). The van der Waals surface area contributed by atoms with Gasteiger partial charge in [-0.2, -0.15) is 0 Å². The van der Waals surface area contributed by atoms with Crippen molar-refractivity contribution >= 4 is 34.9 Å². The highest BCUT2D eigenvalue weighted by Crippen LogP contribution is 2.28. The van der Waals surface area contributed by atoms with Crippen LogP contribution in [-0.2, 0) is 11.2 Å². The van der Waals surface area contributed by atoms with Gasteiger partial charge in [0.25, 0.3) is 11.1 Å². The van der Waals surface area contributed by atoms with Gasteiger partial charge in [-0.3, -0.25) is 4.79 Å². The molecule has 0 saturated carbocycles. The normalized spacial score (nSPS) is 11.6. The van der Waals surface area contributed by atoms with Crippen molar-refractivity contribution in [2.75, 3.05) is 5.32 Å². The van der Waals surface area contributed by atoms with Gasteiger partial charge in [0.1, 0.15) is 6.04 Å². The fraction of sp³-hybridized carbons (Fsp3) is 0.217. The zero-order chi connectivity index (χ0) is 23.3. The maximum Gasteiger partial charge on any atom is 0.336 e. The SMILES string of the molecule is CCC(N)C(=O)Oc1nc(C)c(Cc2ccc(NC(=O)c3ccccc3C(=O)O)cc2)s1. The van der Waals surface area contributed by atoms with E-state index in [-0.39, 0.29) is 16.3 Å². The molecule has 1 atom stereocenters. The topological polar surface area (TPSA) is 132 Å². The first-order valence-corrected chi connectivity index (χ1v) is 10.8. The number of carboxylic acid groups (broad SMARTS) is 1. The second kappa shape index (κ2) is 10.2. The van der Waals surface area contributed by atoms with Crippen LogP contribution in [0.5, 0.6) is 5.19 Å². The van der Waals surface area contributed by atoms with Gasteiger partial charge in [0.2, 0.25) is 0 Å². The van der Waals surface area contributed by atoms with Crippen LogP contribution in [0, 0.1) is 6.92 Å². The zero-order valence-electron chi connectivity index (χ0n) is 17.6. The first-order valence-electron chi connectivity index (χ1n) is 9.94. The van der Waals surface area contributed by atoms with E-state index in [0.717, 1.165) is 16.1 Å². The van der Waals surface area contributed by atoms with Crippen LogP contribution >= 0.6 is 11.3 Å². The Morgan fingerprint density at radius 1 is 1.12 bits per heavy atom. The molecule has 166 valence electrons. The van der Waals surface area contributed by atoms with Crippen LogP contribution < -0.4 is 15.8 Å². The van der Waals surface area contributed by atoms with Crippen LogP contribution in [0.25, 0.3) is 0 Å². The fourth-order valence-corrected chi connectivity index (χ4v) is 3.84. The minimum Gasteiger partial charge on any atom is -0.478 e. The van der Waals surface area contributed by atoms with Crippen LogP contribution in [0.3, 0.4) is 0 Å². The summed E-state index contributed by atoms with van der Waals surface area (Å²) >= 11 is 1.29. The number of thiazole rings is 1. The van der Waals surface area contributed by atoms with Gasteiger partial charge in [-0.15, -0.1) is 0 Å². The van der Waals surface area contributed by atoms with E-state index in [9.17, 15) is 19.5 Å². The number of nitrogens with two attached hydrogens (primary N) is 1. The molecule has 9 heteroatoms. The molecule has 0 aliphatic rings. The van der Waals surface area contributed by atoms with Gasteiger partial charge >= 0.3 is 11.9 Å². The molecule has 3 aromatic rings. The minimum atomic E-state index is -1.16. The molecule has 1 unspecified atom stereocenters. The molecule has 0 radical (unpaired) electrons. The maximum absolute atomic E-state index is 12.5. The number of rotatable bonds is 8. The predicted molar refractivity (Wildman–Crippen MR) is 121 cm³/mol. The molecule has 8 nitrogen and oxygen atoms in total. The van der Waals surface area contributed by atoms with Crippen LogP contribution in [0.1, 0.15) is 50.2 Å².